The number of nitrogens with one attached hydrogen (secondary N) is 1. The number of hydrogen-bond donors (Lipinski definition) is 2. The van der Waals surface area contributed by atoms with Crippen LogP contribution in [0.4, 0.5) is 0 Å². The van der Waals surface area contributed by atoms with E-state index in [1.807, 2.05) is 11.8 Å². The van der Waals surface area contributed by atoms with Gasteiger partial charge in [-0.1, -0.05) is 20.3 Å². The van der Waals surface area contributed by atoms with Crippen LogP contribution in [0, 0.1) is 5.92 Å². The molecule has 0 aromatic heterocycles. The molecule has 3 atom stereocenters. The Bertz CT molecular complexity index is 260. The molecule has 2 N–H and O–H groups in total. The van der Waals surface area contributed by atoms with Crippen LogP contribution in [0.2, 0.25) is 0 Å². The molecule has 1 aliphatic carbocycles. The first-order valence-corrected chi connectivity index (χ1v) is 7.63. The Hall–Kier alpha value is -0.220. The van der Waals surface area contributed by atoms with E-state index in [1.54, 1.807) is 7.05 Å². The highest BCUT2D eigenvalue weighted by molar-refractivity contribution is 7.99. The molecule has 1 aliphatic rings. The summed E-state index contributed by atoms with van der Waals surface area (Å²) in [5, 5.41) is 12.9. The number of carboxylic acid groups (broad SMARTS) is 1. The van der Waals surface area contributed by atoms with Crippen LogP contribution in [0.5, 0.6) is 0 Å². The highest BCUT2D eigenvalue weighted by atomic mass is 32.2. The van der Waals surface area contributed by atoms with Gasteiger partial charge in [0, 0.05) is 5.25 Å². The van der Waals surface area contributed by atoms with Crippen molar-refractivity contribution in [3.8, 4) is 0 Å². The minimum Gasteiger partial charge on any atom is -0.480 e. The summed E-state index contributed by atoms with van der Waals surface area (Å²) in [7, 11) is 1.77. The summed E-state index contributed by atoms with van der Waals surface area (Å²) in [5.41, 5.74) is -0.675. The molecule has 1 saturated carbocycles. The maximum Gasteiger partial charge on any atom is 0.323 e. The lowest BCUT2D eigenvalue weighted by Gasteiger charge is -2.37. The van der Waals surface area contributed by atoms with Crippen LogP contribution in [-0.2, 0) is 4.79 Å². The van der Waals surface area contributed by atoms with E-state index in [-0.39, 0.29) is 0 Å². The maximum absolute atomic E-state index is 11.4. The molecular weight excluding hydrogens is 234 g/mol. The average Bonchev–Trinajstić information content (AvgIpc) is 2.35. The second-order valence-corrected chi connectivity index (χ2v) is 6.54. The third-order valence-corrected chi connectivity index (χ3v) is 5.54. The molecule has 100 valence electrons. The zero-order valence-corrected chi connectivity index (χ0v) is 12.0. The van der Waals surface area contributed by atoms with Crippen molar-refractivity contribution in [3.05, 3.63) is 0 Å². The largest absolute Gasteiger partial charge is 0.480 e. The Morgan fingerprint density at radius 1 is 1.65 bits per heavy atom. The fraction of sp³-hybridized carbons (Fsp3) is 0.923. The summed E-state index contributed by atoms with van der Waals surface area (Å²) < 4.78 is 0. The number of hydrogen-bond acceptors (Lipinski definition) is 3. The predicted octanol–water partition coefficient (Wildman–Crippen LogP) is 2.75. The maximum atomic E-state index is 11.4. The summed E-state index contributed by atoms with van der Waals surface area (Å²) in [6, 6.07) is 0. The molecule has 0 radical (unpaired) electrons. The monoisotopic (exact) mass is 259 g/mol. The minimum absolute atomic E-state index is 0.501. The van der Waals surface area contributed by atoms with Crippen molar-refractivity contribution in [1.82, 2.24) is 5.32 Å². The van der Waals surface area contributed by atoms with Crippen molar-refractivity contribution in [2.24, 2.45) is 5.92 Å². The summed E-state index contributed by atoms with van der Waals surface area (Å²) in [4.78, 5) is 11.4. The normalized spacial score (nSPS) is 31.1. The van der Waals surface area contributed by atoms with Gasteiger partial charge in [-0.3, -0.25) is 4.79 Å². The first kappa shape index (κ1) is 14.8. The Balaban J connectivity index is 2.51. The minimum atomic E-state index is -0.686. The molecule has 0 amide bonds. The molecule has 1 rings (SSSR count). The lowest BCUT2D eigenvalue weighted by molar-refractivity contribution is -0.146. The van der Waals surface area contributed by atoms with Crippen molar-refractivity contribution >= 4 is 17.7 Å². The van der Waals surface area contributed by atoms with E-state index >= 15 is 0 Å². The summed E-state index contributed by atoms with van der Waals surface area (Å²) >= 11 is 1.96. The third kappa shape index (κ3) is 3.88. The van der Waals surface area contributed by atoms with Crippen LogP contribution in [0.25, 0.3) is 0 Å². The van der Waals surface area contributed by atoms with Gasteiger partial charge in [0.15, 0.2) is 0 Å². The Labute approximate surface area is 109 Å². The third-order valence-electron chi connectivity index (χ3n) is 3.91. The summed E-state index contributed by atoms with van der Waals surface area (Å²) in [6.07, 6.45) is 4.91. The first-order valence-electron chi connectivity index (χ1n) is 6.58. The number of likely N-dealkylation sites (N-methyl/N-ethyl adjacent to an activating group) is 1. The van der Waals surface area contributed by atoms with Crippen molar-refractivity contribution in [3.63, 3.8) is 0 Å². The fourth-order valence-electron chi connectivity index (χ4n) is 2.31. The van der Waals surface area contributed by atoms with Crippen LogP contribution >= 0.6 is 11.8 Å². The first-order chi connectivity index (χ1) is 8.04. The van der Waals surface area contributed by atoms with Crippen LogP contribution < -0.4 is 5.32 Å². The molecule has 17 heavy (non-hydrogen) atoms. The molecule has 1 fully saturated rings. The van der Waals surface area contributed by atoms with Crippen LogP contribution in [0.15, 0.2) is 0 Å². The zero-order chi connectivity index (χ0) is 12.9. The van der Waals surface area contributed by atoms with Crippen LogP contribution in [0.3, 0.4) is 0 Å². The van der Waals surface area contributed by atoms with Crippen molar-refractivity contribution in [1.29, 1.82) is 0 Å². The topological polar surface area (TPSA) is 49.3 Å². The SMILES string of the molecule is CCC(C)CSC1CCCC(NC)(C(=O)O)C1. The second-order valence-electron chi connectivity index (χ2n) is 5.20. The van der Waals surface area contributed by atoms with Crippen molar-refractivity contribution in [2.75, 3.05) is 12.8 Å². The molecule has 3 unspecified atom stereocenters. The molecule has 0 heterocycles. The van der Waals surface area contributed by atoms with Crippen LogP contribution in [-0.4, -0.2) is 34.7 Å². The van der Waals surface area contributed by atoms with E-state index in [2.05, 4.69) is 19.2 Å². The molecule has 0 saturated heterocycles. The Morgan fingerprint density at radius 3 is 2.88 bits per heavy atom. The fourth-order valence-corrected chi connectivity index (χ4v) is 3.89. The molecule has 0 spiro atoms. The van der Waals surface area contributed by atoms with E-state index in [4.69, 9.17) is 0 Å². The predicted molar refractivity (Wildman–Crippen MR) is 73.6 cm³/mol. The van der Waals surface area contributed by atoms with E-state index in [1.165, 1.54) is 6.42 Å². The molecule has 4 heteroatoms. The van der Waals surface area contributed by atoms with Gasteiger partial charge < -0.3 is 10.4 Å². The van der Waals surface area contributed by atoms with Crippen LogP contribution in [0.1, 0.15) is 46.0 Å². The molecule has 0 aromatic carbocycles. The van der Waals surface area contributed by atoms with Gasteiger partial charge in [0.1, 0.15) is 5.54 Å². The number of rotatable bonds is 6. The van der Waals surface area contributed by atoms with Gasteiger partial charge >= 0.3 is 5.97 Å². The zero-order valence-electron chi connectivity index (χ0n) is 11.2. The summed E-state index contributed by atoms with van der Waals surface area (Å²) in [6.45, 7) is 4.47. The van der Waals surface area contributed by atoms with E-state index in [0.717, 1.165) is 37.4 Å². The number of thioether (sulfide) groups is 1. The van der Waals surface area contributed by atoms with Gasteiger partial charge in [-0.15, -0.1) is 0 Å². The van der Waals surface area contributed by atoms with Crippen molar-refractivity contribution < 1.29 is 9.90 Å². The number of carboxylic acids is 1. The number of aliphatic carboxylic acids is 1. The molecule has 0 aromatic rings. The van der Waals surface area contributed by atoms with Gasteiger partial charge in [0.2, 0.25) is 0 Å². The van der Waals surface area contributed by atoms with E-state index in [0.29, 0.717) is 5.25 Å². The highest BCUT2D eigenvalue weighted by Crippen LogP contribution is 2.36. The van der Waals surface area contributed by atoms with E-state index < -0.39 is 11.5 Å². The van der Waals surface area contributed by atoms with Crippen molar-refractivity contribution in [2.45, 2.75) is 56.7 Å². The summed E-state index contributed by atoms with van der Waals surface area (Å²) in [5.74, 6) is 1.20. The van der Waals surface area contributed by atoms with Gasteiger partial charge in [-0.25, -0.2) is 0 Å². The Kier molecular flexibility index (Phi) is 5.80. The molecule has 3 nitrogen and oxygen atoms in total. The van der Waals surface area contributed by atoms with Gasteiger partial charge in [-0.2, -0.15) is 11.8 Å². The van der Waals surface area contributed by atoms with Gasteiger partial charge in [0.05, 0.1) is 0 Å². The number of carbonyl (C=O) groups is 1. The van der Waals surface area contributed by atoms with Gasteiger partial charge in [-0.05, 0) is 44.4 Å². The molecule has 0 bridgehead atoms. The average molecular weight is 259 g/mol. The quantitative estimate of drug-likeness (QED) is 0.770. The molecule has 0 aliphatic heterocycles. The standard InChI is InChI=1S/C13H25NO2S/c1-4-10(2)9-17-11-6-5-7-13(8-11,14-3)12(15)16/h10-11,14H,4-9H2,1-3H3,(H,15,16). The second kappa shape index (κ2) is 6.64. The highest BCUT2D eigenvalue weighted by Gasteiger charge is 2.41. The smallest absolute Gasteiger partial charge is 0.323 e. The van der Waals surface area contributed by atoms with E-state index in [9.17, 15) is 9.90 Å². The Morgan fingerprint density at radius 2 is 2.35 bits per heavy atom. The lowest BCUT2D eigenvalue weighted by atomic mass is 9.81. The molecular formula is C13H25NO2S. The van der Waals surface area contributed by atoms with Gasteiger partial charge in [0.25, 0.3) is 0 Å². The lowest BCUT2D eigenvalue weighted by Crippen LogP contribution is -2.54.